The van der Waals surface area contributed by atoms with Crippen LogP contribution in [0, 0.1) is 28.6 Å². The number of hydrogen-bond acceptors (Lipinski definition) is 4. The molecule has 0 saturated heterocycles. The van der Waals surface area contributed by atoms with Crippen LogP contribution in [0.15, 0.2) is 48.5 Å². The Hall–Kier alpha value is -3.76. The number of amides is 3. The van der Waals surface area contributed by atoms with Crippen molar-refractivity contribution >= 4 is 23.6 Å². The summed E-state index contributed by atoms with van der Waals surface area (Å²) in [6, 6.07) is 11.5. The Bertz CT molecular complexity index is 1330. The predicted octanol–water partition coefficient (Wildman–Crippen LogP) is 5.89. The van der Waals surface area contributed by atoms with Crippen molar-refractivity contribution in [1.29, 1.82) is 0 Å². The predicted molar refractivity (Wildman–Crippen MR) is 144 cm³/mol. The Kier molecular flexibility index (Phi) is 7.19. The van der Waals surface area contributed by atoms with Crippen LogP contribution in [0.4, 0.5) is 23.7 Å². The molecule has 3 fully saturated rings. The number of benzene rings is 2. The standard InChI is InChI=1S/C30H34F3N3O5/c1-17-22-14-24-28(2,3)29(22,24)15-23(17)36(27(40)35-20-8-10-21(11-9-20)41-30(31,32)33)16-18-4-6-19(7-5-18)26(39)34-13-12-25(37)38/h4-11,17,22-24H,12-16H2,1-3H3,(H,34,39)(H,35,40)(H,37,38)/t17-,22+,23?,24-,29?/m0/s1. The molecule has 2 aromatic carbocycles. The van der Waals surface area contributed by atoms with Crippen molar-refractivity contribution in [3.63, 3.8) is 0 Å². The van der Waals surface area contributed by atoms with E-state index >= 15 is 0 Å². The van der Waals surface area contributed by atoms with Crippen molar-refractivity contribution in [2.24, 2.45) is 28.6 Å². The van der Waals surface area contributed by atoms with Gasteiger partial charge in [0.1, 0.15) is 5.75 Å². The summed E-state index contributed by atoms with van der Waals surface area (Å²) in [6.07, 6.45) is -2.92. The molecule has 41 heavy (non-hydrogen) atoms. The molecule has 1 spiro atoms. The van der Waals surface area contributed by atoms with Crippen LogP contribution in [0.1, 0.15) is 56.0 Å². The van der Waals surface area contributed by atoms with Gasteiger partial charge in [-0.2, -0.15) is 0 Å². The van der Waals surface area contributed by atoms with E-state index in [-0.39, 0.29) is 60.0 Å². The van der Waals surface area contributed by atoms with Crippen LogP contribution in [0.5, 0.6) is 5.75 Å². The quantitative estimate of drug-likeness (QED) is 0.347. The minimum Gasteiger partial charge on any atom is -0.481 e. The van der Waals surface area contributed by atoms with Gasteiger partial charge in [-0.25, -0.2) is 4.79 Å². The molecule has 3 amide bonds. The summed E-state index contributed by atoms with van der Waals surface area (Å²) in [4.78, 5) is 38.6. The van der Waals surface area contributed by atoms with Crippen LogP contribution < -0.4 is 15.4 Å². The molecule has 5 atom stereocenters. The summed E-state index contributed by atoms with van der Waals surface area (Å²) < 4.78 is 41.6. The highest BCUT2D eigenvalue weighted by Gasteiger charge is 2.84. The van der Waals surface area contributed by atoms with Crippen molar-refractivity contribution in [3.05, 3.63) is 59.7 Å². The zero-order valence-electron chi connectivity index (χ0n) is 23.1. The number of aliphatic carboxylic acids is 1. The Labute approximate surface area is 236 Å². The number of nitrogens with zero attached hydrogens (tertiary/aromatic N) is 1. The zero-order valence-corrected chi connectivity index (χ0v) is 23.1. The Morgan fingerprint density at radius 3 is 2.27 bits per heavy atom. The van der Waals surface area contributed by atoms with Crippen molar-refractivity contribution in [1.82, 2.24) is 10.2 Å². The van der Waals surface area contributed by atoms with Gasteiger partial charge >= 0.3 is 18.4 Å². The van der Waals surface area contributed by atoms with Crippen molar-refractivity contribution in [2.45, 2.75) is 59.0 Å². The number of carboxylic acids is 1. The number of rotatable bonds is 9. The molecule has 8 nitrogen and oxygen atoms in total. The third-order valence-electron chi connectivity index (χ3n) is 9.74. The molecule has 0 aliphatic heterocycles. The Morgan fingerprint density at radius 1 is 1.07 bits per heavy atom. The average molecular weight is 574 g/mol. The van der Waals surface area contributed by atoms with Crippen LogP contribution in [-0.2, 0) is 11.3 Å². The fraction of sp³-hybridized carbons (Fsp3) is 0.500. The summed E-state index contributed by atoms with van der Waals surface area (Å²) in [5, 5.41) is 14.2. The lowest BCUT2D eigenvalue weighted by Crippen LogP contribution is -2.44. The molecule has 0 heterocycles. The summed E-state index contributed by atoms with van der Waals surface area (Å²) in [6.45, 7) is 7.12. The first kappa shape index (κ1) is 28.8. The molecule has 0 radical (unpaired) electrons. The molecule has 3 saturated carbocycles. The van der Waals surface area contributed by atoms with Gasteiger partial charge < -0.3 is 25.4 Å². The van der Waals surface area contributed by atoms with Crippen molar-refractivity contribution < 1.29 is 37.4 Å². The number of alkyl halides is 3. The van der Waals surface area contributed by atoms with E-state index < -0.39 is 12.3 Å². The fourth-order valence-electron chi connectivity index (χ4n) is 7.60. The third-order valence-corrected chi connectivity index (χ3v) is 9.74. The van der Waals surface area contributed by atoms with E-state index in [1.54, 1.807) is 24.3 Å². The van der Waals surface area contributed by atoms with E-state index in [1.807, 2.05) is 4.90 Å². The highest BCUT2D eigenvalue weighted by Crippen LogP contribution is 2.88. The van der Waals surface area contributed by atoms with Gasteiger partial charge in [-0.3, -0.25) is 9.59 Å². The zero-order chi connectivity index (χ0) is 29.7. The molecular formula is C30H34F3N3O5. The minimum absolute atomic E-state index is 0.0208. The molecule has 2 aromatic rings. The molecule has 0 bridgehead atoms. The molecule has 5 rings (SSSR count). The molecule has 3 aliphatic carbocycles. The largest absolute Gasteiger partial charge is 0.573 e. The lowest BCUT2D eigenvalue weighted by molar-refractivity contribution is -0.274. The number of hydrogen-bond donors (Lipinski definition) is 3. The first-order valence-electron chi connectivity index (χ1n) is 13.8. The SMILES string of the molecule is C[C@@H]1C(N(Cc2ccc(C(=O)NCCC(=O)O)cc2)C(=O)Nc2ccc(OC(F)(F)F)cc2)CC23[C@@H]1C[C@H]2C3(C)C. The number of anilines is 1. The van der Waals surface area contributed by atoms with Crippen molar-refractivity contribution in [3.8, 4) is 5.75 Å². The molecule has 11 heteroatoms. The second-order valence-corrected chi connectivity index (χ2v) is 12.0. The second-order valence-electron chi connectivity index (χ2n) is 12.0. The number of carbonyl (C=O) groups excluding carboxylic acids is 2. The number of nitrogens with one attached hydrogen (secondary N) is 2. The number of ether oxygens (including phenoxy) is 1. The first-order chi connectivity index (χ1) is 19.2. The number of carbonyl (C=O) groups is 3. The topological polar surface area (TPSA) is 108 Å². The number of urea groups is 1. The van der Waals surface area contributed by atoms with Crippen LogP contribution in [0.3, 0.4) is 0 Å². The van der Waals surface area contributed by atoms with E-state index in [4.69, 9.17) is 5.11 Å². The van der Waals surface area contributed by atoms with Gasteiger partial charge in [0.05, 0.1) is 6.42 Å². The van der Waals surface area contributed by atoms with Gasteiger partial charge in [-0.15, -0.1) is 13.2 Å². The highest BCUT2D eigenvalue weighted by atomic mass is 19.4. The average Bonchev–Trinajstić information content (AvgIpc) is 3.10. The summed E-state index contributed by atoms with van der Waals surface area (Å²) in [7, 11) is 0. The smallest absolute Gasteiger partial charge is 0.481 e. The van der Waals surface area contributed by atoms with E-state index in [0.29, 0.717) is 23.1 Å². The van der Waals surface area contributed by atoms with E-state index in [1.165, 1.54) is 12.1 Å². The lowest BCUT2D eigenvalue weighted by Gasteiger charge is -2.34. The number of halogens is 3. The Balaban J connectivity index is 1.32. The van der Waals surface area contributed by atoms with Gasteiger partial charge in [0, 0.05) is 30.4 Å². The van der Waals surface area contributed by atoms with E-state index in [2.05, 4.69) is 36.1 Å². The van der Waals surface area contributed by atoms with Crippen LogP contribution in [-0.4, -0.2) is 46.9 Å². The Morgan fingerprint density at radius 2 is 1.73 bits per heavy atom. The molecule has 2 unspecified atom stereocenters. The maximum Gasteiger partial charge on any atom is 0.573 e. The third kappa shape index (κ3) is 5.34. The van der Waals surface area contributed by atoms with Crippen LogP contribution in [0.2, 0.25) is 0 Å². The highest BCUT2D eigenvalue weighted by molar-refractivity contribution is 5.94. The first-order valence-corrected chi connectivity index (χ1v) is 13.8. The molecule has 0 aromatic heterocycles. The molecule has 3 aliphatic rings. The number of carboxylic acid groups (broad SMARTS) is 1. The van der Waals surface area contributed by atoms with Crippen LogP contribution in [0.25, 0.3) is 0 Å². The summed E-state index contributed by atoms with van der Waals surface area (Å²) in [5.41, 5.74) is 2.02. The van der Waals surface area contributed by atoms with Crippen LogP contribution >= 0.6 is 0 Å². The molecule has 220 valence electrons. The lowest BCUT2D eigenvalue weighted by atomic mass is 9.72. The molecular weight excluding hydrogens is 539 g/mol. The molecule has 3 N–H and O–H groups in total. The minimum atomic E-state index is -4.80. The van der Waals surface area contributed by atoms with Gasteiger partial charge in [0.25, 0.3) is 5.91 Å². The maximum atomic E-state index is 13.7. The van der Waals surface area contributed by atoms with Gasteiger partial charge in [0.15, 0.2) is 0 Å². The van der Waals surface area contributed by atoms with E-state index in [9.17, 15) is 27.6 Å². The normalized spacial score (nSPS) is 27.1. The fourth-order valence-corrected chi connectivity index (χ4v) is 7.60. The van der Waals surface area contributed by atoms with Gasteiger partial charge in [0.2, 0.25) is 0 Å². The summed E-state index contributed by atoms with van der Waals surface area (Å²) >= 11 is 0. The van der Waals surface area contributed by atoms with Gasteiger partial charge in [-0.1, -0.05) is 32.9 Å². The van der Waals surface area contributed by atoms with Crippen molar-refractivity contribution in [2.75, 3.05) is 11.9 Å². The van der Waals surface area contributed by atoms with Gasteiger partial charge in [-0.05, 0) is 83.4 Å². The van der Waals surface area contributed by atoms with E-state index in [0.717, 1.165) is 30.5 Å². The second kappa shape index (κ2) is 10.3. The maximum absolute atomic E-state index is 13.7. The summed E-state index contributed by atoms with van der Waals surface area (Å²) in [5.74, 6) is -0.273. The monoisotopic (exact) mass is 573 g/mol.